The van der Waals surface area contributed by atoms with Crippen molar-refractivity contribution < 1.29 is 30.4 Å². The summed E-state index contributed by atoms with van der Waals surface area (Å²) in [7, 11) is -10.0. The highest BCUT2D eigenvalue weighted by Gasteiger charge is 2.16. The number of rotatable bonds is 10. The Morgan fingerprint density at radius 3 is 1.35 bits per heavy atom. The van der Waals surface area contributed by atoms with E-state index >= 15 is 0 Å². The van der Waals surface area contributed by atoms with E-state index in [9.17, 15) is 21.4 Å². The first kappa shape index (κ1) is 20.8. The van der Waals surface area contributed by atoms with Gasteiger partial charge in [-0.15, -0.1) is 0 Å². The monoisotopic (exact) mass is 418 g/mol. The van der Waals surface area contributed by atoms with Crippen molar-refractivity contribution in [3.63, 3.8) is 0 Å². The van der Waals surface area contributed by atoms with E-state index in [0.717, 1.165) is 0 Å². The minimum Gasteiger partial charge on any atom is -0.310 e. The van der Waals surface area contributed by atoms with Crippen LogP contribution in [0.15, 0.2) is 70.5 Å². The first-order valence-corrected chi connectivity index (χ1v) is 12.2. The molecule has 2 aromatic rings. The minimum atomic E-state index is -3.53. The van der Waals surface area contributed by atoms with Crippen molar-refractivity contribution in [2.45, 2.75) is 9.79 Å². The van der Waals surface area contributed by atoms with Crippen molar-refractivity contribution >= 4 is 27.9 Å². The number of benzene rings is 2. The minimum absolute atomic E-state index is 0.151. The first-order chi connectivity index (χ1) is 12.3. The maximum absolute atomic E-state index is 12.0. The fourth-order valence-corrected chi connectivity index (χ4v) is 5.14. The van der Waals surface area contributed by atoms with Gasteiger partial charge in [0, 0.05) is 0 Å². The molecule has 0 saturated carbocycles. The van der Waals surface area contributed by atoms with Crippen LogP contribution in [0.5, 0.6) is 0 Å². The van der Waals surface area contributed by atoms with Crippen LogP contribution in [0.1, 0.15) is 0 Å². The largest absolute Gasteiger partial charge is 0.319 e. The third-order valence-electron chi connectivity index (χ3n) is 3.35. The van der Waals surface area contributed by atoms with E-state index in [4.69, 9.17) is 9.05 Å². The highest BCUT2D eigenvalue weighted by atomic mass is 32.2. The van der Waals surface area contributed by atoms with Gasteiger partial charge < -0.3 is 9.05 Å². The predicted octanol–water partition coefficient (Wildman–Crippen LogP) is 2.36. The molecule has 0 N–H and O–H groups in total. The summed E-state index contributed by atoms with van der Waals surface area (Å²) >= 11 is 0. The van der Waals surface area contributed by atoms with Crippen LogP contribution in [0.3, 0.4) is 0 Å². The van der Waals surface area contributed by atoms with Gasteiger partial charge in [-0.2, -0.15) is 0 Å². The Morgan fingerprint density at radius 2 is 1.00 bits per heavy atom. The molecule has 2 rings (SSSR count). The van der Waals surface area contributed by atoms with Crippen LogP contribution >= 0.6 is 8.25 Å². The van der Waals surface area contributed by atoms with Crippen LogP contribution in [0, 0.1) is 0 Å². The molecule has 0 aliphatic rings. The molecule has 0 bridgehead atoms. The molecule has 2 aromatic carbocycles. The van der Waals surface area contributed by atoms with E-state index in [2.05, 4.69) is 0 Å². The van der Waals surface area contributed by atoms with Crippen LogP contribution in [0.4, 0.5) is 0 Å². The predicted molar refractivity (Wildman–Crippen MR) is 97.9 cm³/mol. The van der Waals surface area contributed by atoms with E-state index in [1.54, 1.807) is 36.4 Å². The Kier molecular flexibility index (Phi) is 7.55. The summed E-state index contributed by atoms with van der Waals surface area (Å²) < 4.78 is 69.5. The molecule has 0 saturated heterocycles. The van der Waals surface area contributed by atoms with Crippen LogP contribution in [-0.2, 0) is 33.3 Å². The van der Waals surface area contributed by atoms with E-state index in [0.29, 0.717) is 0 Å². The Morgan fingerprint density at radius 1 is 0.654 bits per heavy atom. The summed E-state index contributed by atoms with van der Waals surface area (Å²) in [6.45, 7) is -0.610. The fraction of sp³-hybridized carbons (Fsp3) is 0.250. The Balaban J connectivity index is 1.74. The van der Waals surface area contributed by atoms with Gasteiger partial charge >= 0.3 is 8.25 Å². The number of sulfone groups is 2. The number of hydrogen-bond donors (Lipinski definition) is 0. The van der Waals surface area contributed by atoms with Gasteiger partial charge in [-0.1, -0.05) is 36.4 Å². The van der Waals surface area contributed by atoms with Crippen LogP contribution in [0.2, 0.25) is 0 Å². The third-order valence-corrected chi connectivity index (χ3v) is 7.62. The molecule has 0 spiro atoms. The molecule has 0 radical (unpaired) electrons. The normalized spacial score (nSPS) is 12.3. The van der Waals surface area contributed by atoms with Gasteiger partial charge in [0.25, 0.3) is 0 Å². The summed E-state index contributed by atoms with van der Waals surface area (Å²) in [5.41, 5.74) is 0. The molecule has 0 atom stereocenters. The van der Waals surface area contributed by atoms with Gasteiger partial charge in [-0.05, 0) is 24.3 Å². The van der Waals surface area contributed by atoms with Crippen LogP contribution < -0.4 is 0 Å². The lowest BCUT2D eigenvalue weighted by Gasteiger charge is -2.07. The zero-order valence-corrected chi connectivity index (χ0v) is 16.4. The highest BCUT2D eigenvalue weighted by molar-refractivity contribution is 7.91. The highest BCUT2D eigenvalue weighted by Crippen LogP contribution is 2.24. The summed E-state index contributed by atoms with van der Waals surface area (Å²) in [4.78, 5) is 0.302. The van der Waals surface area contributed by atoms with Crippen molar-refractivity contribution in [1.82, 2.24) is 0 Å². The quantitative estimate of drug-likeness (QED) is 0.546. The molecule has 0 fully saturated rings. The van der Waals surface area contributed by atoms with Gasteiger partial charge in [0.05, 0.1) is 34.5 Å². The van der Waals surface area contributed by atoms with Gasteiger partial charge in [-0.25, -0.2) is 16.8 Å². The standard InChI is InChI=1S/C16H19O7PS2/c17-24(22-11-13-25(18,19)15-7-3-1-4-8-15)23-12-14-26(20,21)16-9-5-2-6-10-16/h1-10,24H,11-14H2. The molecule has 0 aliphatic carbocycles. The van der Waals surface area contributed by atoms with E-state index in [1.807, 2.05) is 0 Å². The average Bonchev–Trinajstić information content (AvgIpc) is 2.63. The fourth-order valence-electron chi connectivity index (χ4n) is 2.00. The SMILES string of the molecule is O=[PH](OCCS(=O)(=O)c1ccccc1)OCCS(=O)(=O)c1ccccc1. The second-order valence-corrected chi connectivity index (χ2v) is 10.5. The van der Waals surface area contributed by atoms with Crippen LogP contribution in [0.25, 0.3) is 0 Å². The summed E-state index contributed by atoms with van der Waals surface area (Å²) in [5, 5.41) is 0. The second kappa shape index (κ2) is 9.43. The molecule has 0 unspecified atom stereocenters. The molecular formula is C16H19O7PS2. The summed E-state index contributed by atoms with van der Waals surface area (Å²) in [6.07, 6.45) is 0. The lowest BCUT2D eigenvalue weighted by Crippen LogP contribution is -2.12. The van der Waals surface area contributed by atoms with Crippen molar-refractivity contribution in [3.8, 4) is 0 Å². The van der Waals surface area contributed by atoms with Gasteiger partial charge in [0.15, 0.2) is 19.7 Å². The maximum Gasteiger partial charge on any atom is 0.319 e. The maximum atomic E-state index is 12.0. The second-order valence-electron chi connectivity index (χ2n) is 5.21. The molecular weight excluding hydrogens is 399 g/mol. The lowest BCUT2D eigenvalue weighted by atomic mass is 10.4. The smallest absolute Gasteiger partial charge is 0.310 e. The number of hydrogen-bond acceptors (Lipinski definition) is 7. The molecule has 10 heteroatoms. The molecule has 26 heavy (non-hydrogen) atoms. The van der Waals surface area contributed by atoms with E-state index < -0.39 is 27.9 Å². The molecule has 0 aromatic heterocycles. The molecule has 0 amide bonds. The van der Waals surface area contributed by atoms with Gasteiger partial charge in [0.2, 0.25) is 0 Å². The Labute approximate surface area is 153 Å². The van der Waals surface area contributed by atoms with E-state index in [-0.39, 0.29) is 34.5 Å². The zero-order valence-electron chi connectivity index (χ0n) is 13.8. The average molecular weight is 418 g/mol. The van der Waals surface area contributed by atoms with Gasteiger partial charge in [0.1, 0.15) is 0 Å². The van der Waals surface area contributed by atoms with Crippen molar-refractivity contribution in [2.75, 3.05) is 24.7 Å². The zero-order chi connectivity index (χ0) is 19.0. The van der Waals surface area contributed by atoms with Crippen molar-refractivity contribution in [3.05, 3.63) is 60.7 Å². The first-order valence-electron chi connectivity index (χ1n) is 7.66. The molecule has 0 aliphatic heterocycles. The summed E-state index contributed by atoms with van der Waals surface area (Å²) in [6, 6.07) is 15.7. The Bertz CT molecular complexity index is 850. The van der Waals surface area contributed by atoms with E-state index in [1.165, 1.54) is 24.3 Å². The Hall–Kier alpha value is -1.51. The molecule has 142 valence electrons. The molecule has 0 heterocycles. The third kappa shape index (κ3) is 6.34. The topological polar surface area (TPSA) is 104 Å². The lowest BCUT2D eigenvalue weighted by molar-refractivity contribution is 0.244. The van der Waals surface area contributed by atoms with Gasteiger partial charge in [-0.3, -0.25) is 4.57 Å². The van der Waals surface area contributed by atoms with Crippen molar-refractivity contribution in [1.29, 1.82) is 0 Å². The van der Waals surface area contributed by atoms with Crippen molar-refractivity contribution in [2.24, 2.45) is 0 Å². The molecule has 7 nitrogen and oxygen atoms in total. The van der Waals surface area contributed by atoms with Crippen LogP contribution in [-0.4, -0.2) is 41.6 Å². The summed E-state index contributed by atoms with van der Waals surface area (Å²) in [5.74, 6) is -0.696.